The fourth-order valence-corrected chi connectivity index (χ4v) is 2.61. The van der Waals surface area contributed by atoms with Crippen molar-refractivity contribution in [1.82, 2.24) is 5.32 Å². The van der Waals surface area contributed by atoms with E-state index < -0.39 is 0 Å². The summed E-state index contributed by atoms with van der Waals surface area (Å²) < 4.78 is 5.75. The molecule has 0 atom stereocenters. The molecule has 2 rings (SSSR count). The van der Waals surface area contributed by atoms with Crippen LogP contribution in [0.2, 0.25) is 0 Å². The molecule has 0 bridgehead atoms. The SMILES string of the molecule is Cc1c(O)cccc1C(=O)NCCOC1CCC(N)CC1. The van der Waals surface area contributed by atoms with Gasteiger partial charge in [0, 0.05) is 23.7 Å². The molecule has 1 saturated carbocycles. The summed E-state index contributed by atoms with van der Waals surface area (Å²) in [7, 11) is 0. The third-order valence-electron chi connectivity index (χ3n) is 4.01. The smallest absolute Gasteiger partial charge is 0.251 e. The first-order valence-electron chi connectivity index (χ1n) is 7.52. The van der Waals surface area contributed by atoms with Gasteiger partial charge in [0.2, 0.25) is 0 Å². The zero-order valence-electron chi connectivity index (χ0n) is 12.5. The molecule has 1 fully saturated rings. The molecule has 21 heavy (non-hydrogen) atoms. The Bertz CT molecular complexity index is 482. The van der Waals surface area contributed by atoms with Crippen LogP contribution in [0.15, 0.2) is 18.2 Å². The standard InChI is InChI=1S/C16H24N2O3/c1-11-14(3-2-4-15(11)19)16(20)18-9-10-21-13-7-5-12(17)6-8-13/h2-4,12-13,19H,5-10,17H2,1H3,(H,18,20). The summed E-state index contributed by atoms with van der Waals surface area (Å²) in [6, 6.07) is 5.26. The number of amides is 1. The Morgan fingerprint density at radius 2 is 2.10 bits per heavy atom. The largest absolute Gasteiger partial charge is 0.508 e. The summed E-state index contributed by atoms with van der Waals surface area (Å²) in [5, 5.41) is 12.4. The molecule has 0 saturated heterocycles. The van der Waals surface area contributed by atoms with Crippen molar-refractivity contribution < 1.29 is 14.6 Å². The molecule has 1 aromatic carbocycles. The fourth-order valence-electron chi connectivity index (χ4n) is 2.61. The highest BCUT2D eigenvalue weighted by molar-refractivity contribution is 5.96. The lowest BCUT2D eigenvalue weighted by Gasteiger charge is -2.26. The monoisotopic (exact) mass is 292 g/mol. The van der Waals surface area contributed by atoms with Crippen molar-refractivity contribution >= 4 is 5.91 Å². The number of benzene rings is 1. The average Bonchev–Trinajstić information content (AvgIpc) is 2.48. The van der Waals surface area contributed by atoms with Gasteiger partial charge in [0.15, 0.2) is 0 Å². The number of hydrogen-bond donors (Lipinski definition) is 3. The Balaban J connectivity index is 1.71. The molecule has 1 aliphatic carbocycles. The van der Waals surface area contributed by atoms with Gasteiger partial charge in [-0.2, -0.15) is 0 Å². The maximum absolute atomic E-state index is 12.0. The molecule has 1 amide bonds. The maximum Gasteiger partial charge on any atom is 0.251 e. The molecule has 5 nitrogen and oxygen atoms in total. The number of carbonyl (C=O) groups excluding carboxylic acids is 1. The number of aromatic hydroxyl groups is 1. The third-order valence-corrected chi connectivity index (χ3v) is 4.01. The van der Waals surface area contributed by atoms with Crippen molar-refractivity contribution in [3.8, 4) is 5.75 Å². The Labute approximate surface area is 125 Å². The van der Waals surface area contributed by atoms with Crippen LogP contribution in [0.25, 0.3) is 0 Å². The van der Waals surface area contributed by atoms with Crippen LogP contribution in [-0.4, -0.2) is 36.3 Å². The summed E-state index contributed by atoms with van der Waals surface area (Å²) in [6.45, 7) is 2.70. The number of carbonyl (C=O) groups is 1. The Morgan fingerprint density at radius 1 is 1.38 bits per heavy atom. The molecule has 0 radical (unpaired) electrons. The molecule has 116 valence electrons. The number of phenols is 1. The van der Waals surface area contributed by atoms with Crippen molar-refractivity contribution in [3.63, 3.8) is 0 Å². The number of rotatable bonds is 5. The molecule has 5 heteroatoms. The normalized spacial score (nSPS) is 22.0. The number of nitrogens with one attached hydrogen (secondary N) is 1. The second kappa shape index (κ2) is 7.43. The lowest BCUT2D eigenvalue weighted by atomic mass is 9.94. The van der Waals surface area contributed by atoms with E-state index >= 15 is 0 Å². The van der Waals surface area contributed by atoms with Gasteiger partial charge in [0.1, 0.15) is 5.75 Å². The van der Waals surface area contributed by atoms with E-state index in [0.29, 0.717) is 30.3 Å². The zero-order valence-corrected chi connectivity index (χ0v) is 12.5. The van der Waals surface area contributed by atoms with Crippen LogP contribution in [0.4, 0.5) is 0 Å². The van der Waals surface area contributed by atoms with E-state index in [0.717, 1.165) is 25.7 Å². The van der Waals surface area contributed by atoms with Crippen LogP contribution < -0.4 is 11.1 Å². The first kappa shape index (κ1) is 15.8. The number of phenolic OH excluding ortho intramolecular Hbond substituents is 1. The summed E-state index contributed by atoms with van der Waals surface area (Å²) in [5.41, 5.74) is 6.94. The first-order valence-corrected chi connectivity index (χ1v) is 7.52. The van der Waals surface area contributed by atoms with Gasteiger partial charge in [-0.25, -0.2) is 0 Å². The van der Waals surface area contributed by atoms with Crippen molar-refractivity contribution in [3.05, 3.63) is 29.3 Å². The van der Waals surface area contributed by atoms with Crippen LogP contribution in [0.5, 0.6) is 5.75 Å². The molecule has 4 N–H and O–H groups in total. The van der Waals surface area contributed by atoms with Gasteiger partial charge >= 0.3 is 0 Å². The van der Waals surface area contributed by atoms with E-state index in [1.54, 1.807) is 25.1 Å². The predicted octanol–water partition coefficient (Wildman–Crippen LogP) is 1.72. The third kappa shape index (κ3) is 4.44. The Hall–Kier alpha value is -1.59. The Morgan fingerprint density at radius 3 is 2.81 bits per heavy atom. The van der Waals surface area contributed by atoms with E-state index in [4.69, 9.17) is 10.5 Å². The van der Waals surface area contributed by atoms with Gasteiger partial charge in [-0.15, -0.1) is 0 Å². The van der Waals surface area contributed by atoms with Crippen molar-refractivity contribution in [1.29, 1.82) is 0 Å². The molecular formula is C16H24N2O3. The van der Waals surface area contributed by atoms with E-state index in [1.165, 1.54) is 0 Å². The molecule has 0 spiro atoms. The minimum absolute atomic E-state index is 0.137. The van der Waals surface area contributed by atoms with Crippen LogP contribution in [0, 0.1) is 6.92 Å². The molecule has 1 aliphatic rings. The highest BCUT2D eigenvalue weighted by Crippen LogP contribution is 2.20. The van der Waals surface area contributed by atoms with Gasteiger partial charge in [0.25, 0.3) is 5.91 Å². The molecule has 0 aromatic heterocycles. The molecule has 0 aliphatic heterocycles. The Kier molecular flexibility index (Phi) is 5.59. The van der Waals surface area contributed by atoms with Crippen molar-refractivity contribution in [2.45, 2.75) is 44.8 Å². The van der Waals surface area contributed by atoms with E-state index in [2.05, 4.69) is 5.32 Å². The van der Waals surface area contributed by atoms with Crippen LogP contribution in [-0.2, 0) is 4.74 Å². The van der Waals surface area contributed by atoms with Crippen LogP contribution >= 0.6 is 0 Å². The minimum atomic E-state index is -0.183. The van der Waals surface area contributed by atoms with Gasteiger partial charge in [0.05, 0.1) is 12.7 Å². The lowest BCUT2D eigenvalue weighted by Crippen LogP contribution is -2.33. The predicted molar refractivity (Wildman–Crippen MR) is 81.4 cm³/mol. The summed E-state index contributed by atoms with van der Waals surface area (Å²) in [5.74, 6) is -0.0462. The van der Waals surface area contributed by atoms with Gasteiger partial charge in [-0.1, -0.05) is 6.07 Å². The van der Waals surface area contributed by atoms with Crippen LogP contribution in [0.3, 0.4) is 0 Å². The minimum Gasteiger partial charge on any atom is -0.508 e. The maximum atomic E-state index is 12.0. The summed E-state index contributed by atoms with van der Waals surface area (Å²) >= 11 is 0. The highest BCUT2D eigenvalue weighted by atomic mass is 16.5. The fraction of sp³-hybridized carbons (Fsp3) is 0.562. The number of hydrogen-bond acceptors (Lipinski definition) is 4. The highest BCUT2D eigenvalue weighted by Gasteiger charge is 2.18. The van der Waals surface area contributed by atoms with E-state index in [9.17, 15) is 9.90 Å². The zero-order chi connectivity index (χ0) is 15.2. The molecule has 0 heterocycles. The van der Waals surface area contributed by atoms with Crippen molar-refractivity contribution in [2.75, 3.05) is 13.2 Å². The molecular weight excluding hydrogens is 268 g/mol. The van der Waals surface area contributed by atoms with Gasteiger partial charge in [-0.3, -0.25) is 4.79 Å². The first-order chi connectivity index (χ1) is 10.1. The van der Waals surface area contributed by atoms with E-state index in [-0.39, 0.29) is 17.8 Å². The quantitative estimate of drug-likeness (QED) is 0.721. The second-order valence-electron chi connectivity index (χ2n) is 5.61. The van der Waals surface area contributed by atoms with Crippen LogP contribution in [0.1, 0.15) is 41.6 Å². The molecule has 0 unspecified atom stereocenters. The number of ether oxygens (including phenoxy) is 1. The van der Waals surface area contributed by atoms with Crippen molar-refractivity contribution in [2.24, 2.45) is 5.73 Å². The average molecular weight is 292 g/mol. The summed E-state index contributed by atoms with van der Waals surface area (Å²) in [6.07, 6.45) is 4.30. The summed E-state index contributed by atoms with van der Waals surface area (Å²) in [4.78, 5) is 12.0. The lowest BCUT2D eigenvalue weighted by molar-refractivity contribution is 0.0267. The topological polar surface area (TPSA) is 84.6 Å². The molecule has 1 aromatic rings. The number of nitrogens with two attached hydrogens (primary N) is 1. The van der Waals surface area contributed by atoms with Gasteiger partial charge in [-0.05, 0) is 44.7 Å². The van der Waals surface area contributed by atoms with Gasteiger partial charge < -0.3 is 20.9 Å². The van der Waals surface area contributed by atoms with E-state index in [1.807, 2.05) is 0 Å². The second-order valence-corrected chi connectivity index (χ2v) is 5.61.